The molecule has 1 aliphatic heterocycles. The Labute approximate surface area is 156 Å². The van der Waals surface area contributed by atoms with Gasteiger partial charge >= 0.3 is 0 Å². The van der Waals surface area contributed by atoms with Crippen LogP contribution in [0.2, 0.25) is 0 Å². The number of guanidine groups is 1. The van der Waals surface area contributed by atoms with Crippen LogP contribution < -0.4 is 5.32 Å². The lowest BCUT2D eigenvalue weighted by molar-refractivity contribution is 0.273. The van der Waals surface area contributed by atoms with Gasteiger partial charge in [-0.05, 0) is 25.2 Å². The van der Waals surface area contributed by atoms with Gasteiger partial charge in [-0.3, -0.25) is 4.99 Å². The van der Waals surface area contributed by atoms with Crippen molar-refractivity contribution in [2.24, 2.45) is 10.9 Å². The third-order valence-corrected chi connectivity index (χ3v) is 4.15. The van der Waals surface area contributed by atoms with Crippen LogP contribution in [-0.2, 0) is 6.42 Å². The number of aromatic nitrogens is 2. The van der Waals surface area contributed by atoms with Crippen LogP contribution in [0.1, 0.15) is 57.7 Å². The van der Waals surface area contributed by atoms with Crippen LogP contribution in [0.3, 0.4) is 0 Å². The first-order valence-electron chi connectivity index (χ1n) is 8.38. The summed E-state index contributed by atoms with van der Waals surface area (Å²) in [5, 5.41) is 7.43. The van der Waals surface area contributed by atoms with Gasteiger partial charge in [0.1, 0.15) is 0 Å². The summed E-state index contributed by atoms with van der Waals surface area (Å²) >= 11 is 0. The summed E-state index contributed by atoms with van der Waals surface area (Å²) in [6, 6.07) is 0. The van der Waals surface area contributed by atoms with Crippen molar-refractivity contribution in [2.75, 3.05) is 26.7 Å². The fourth-order valence-electron chi connectivity index (χ4n) is 2.60. The fraction of sp³-hybridized carbons (Fsp3) is 0.812. The Hall–Kier alpha value is -0.860. The van der Waals surface area contributed by atoms with E-state index in [0.29, 0.717) is 5.92 Å². The van der Waals surface area contributed by atoms with Gasteiger partial charge in [0.05, 0.1) is 0 Å². The molecule has 0 aliphatic carbocycles. The second-order valence-electron chi connectivity index (χ2n) is 6.45. The lowest BCUT2D eigenvalue weighted by atomic mass is 10.00. The first kappa shape index (κ1) is 20.2. The average molecular weight is 435 g/mol. The molecule has 1 saturated heterocycles. The largest absolute Gasteiger partial charge is 0.356 e. The van der Waals surface area contributed by atoms with Crippen LogP contribution in [0, 0.1) is 5.92 Å². The van der Waals surface area contributed by atoms with Crippen LogP contribution in [0.15, 0.2) is 9.52 Å². The molecule has 0 spiro atoms. The molecular formula is C16H30IN5O. The summed E-state index contributed by atoms with van der Waals surface area (Å²) in [6.07, 6.45) is 4.27. The molecule has 6 nitrogen and oxygen atoms in total. The number of likely N-dealkylation sites (tertiary alicyclic amines) is 1. The van der Waals surface area contributed by atoms with Crippen molar-refractivity contribution in [2.45, 2.75) is 52.4 Å². The van der Waals surface area contributed by atoms with Crippen LogP contribution >= 0.6 is 24.0 Å². The Morgan fingerprint density at radius 1 is 1.39 bits per heavy atom. The topological polar surface area (TPSA) is 66.5 Å². The predicted octanol–water partition coefficient (Wildman–Crippen LogP) is 3.05. The summed E-state index contributed by atoms with van der Waals surface area (Å²) in [5.41, 5.74) is 0. The zero-order valence-corrected chi connectivity index (χ0v) is 17.0. The number of nitrogens with zero attached hydrogens (tertiary/aromatic N) is 4. The third kappa shape index (κ3) is 6.27. The van der Waals surface area contributed by atoms with E-state index >= 15 is 0 Å². The smallest absolute Gasteiger partial charge is 0.226 e. The van der Waals surface area contributed by atoms with Crippen molar-refractivity contribution in [3.63, 3.8) is 0 Å². The Morgan fingerprint density at radius 3 is 2.65 bits per heavy atom. The molecule has 2 heterocycles. The van der Waals surface area contributed by atoms with E-state index in [0.717, 1.165) is 56.1 Å². The third-order valence-electron chi connectivity index (χ3n) is 4.15. The van der Waals surface area contributed by atoms with Gasteiger partial charge in [-0.25, -0.2) is 0 Å². The van der Waals surface area contributed by atoms with Crippen LogP contribution in [0.4, 0.5) is 0 Å². The second kappa shape index (κ2) is 10.1. The van der Waals surface area contributed by atoms with Crippen molar-refractivity contribution >= 4 is 29.9 Å². The van der Waals surface area contributed by atoms with Gasteiger partial charge in [0.25, 0.3) is 0 Å². The quantitative estimate of drug-likeness (QED) is 0.333. The van der Waals surface area contributed by atoms with E-state index in [1.54, 1.807) is 0 Å². The molecule has 23 heavy (non-hydrogen) atoms. The molecule has 132 valence electrons. The van der Waals surface area contributed by atoms with E-state index in [-0.39, 0.29) is 24.0 Å². The molecule has 1 fully saturated rings. The monoisotopic (exact) mass is 435 g/mol. The molecule has 0 saturated carbocycles. The van der Waals surface area contributed by atoms with Crippen molar-refractivity contribution < 1.29 is 4.52 Å². The number of hydrogen-bond acceptors (Lipinski definition) is 4. The minimum atomic E-state index is 0. The van der Waals surface area contributed by atoms with Gasteiger partial charge in [-0.2, -0.15) is 4.98 Å². The fourth-order valence-corrected chi connectivity index (χ4v) is 2.60. The number of rotatable bonds is 5. The number of nitrogens with one attached hydrogen (secondary N) is 1. The molecule has 0 aromatic carbocycles. The van der Waals surface area contributed by atoms with Crippen molar-refractivity contribution in [1.82, 2.24) is 20.4 Å². The number of aliphatic imine (C=N–C) groups is 1. The molecular weight excluding hydrogens is 405 g/mol. The highest BCUT2D eigenvalue weighted by atomic mass is 127. The second-order valence-corrected chi connectivity index (χ2v) is 6.45. The Balaban J connectivity index is 0.00000264. The van der Waals surface area contributed by atoms with Crippen molar-refractivity contribution in [3.05, 3.63) is 11.7 Å². The lowest BCUT2D eigenvalue weighted by Gasteiger charge is -2.32. The van der Waals surface area contributed by atoms with Gasteiger partial charge in [-0.15, -0.1) is 24.0 Å². The normalized spacial score (nSPS) is 16.6. The van der Waals surface area contributed by atoms with E-state index in [4.69, 9.17) is 4.52 Å². The van der Waals surface area contributed by atoms with Crippen molar-refractivity contribution in [1.29, 1.82) is 0 Å². The van der Waals surface area contributed by atoms with Gasteiger partial charge in [0, 0.05) is 39.0 Å². The van der Waals surface area contributed by atoms with Crippen LogP contribution in [-0.4, -0.2) is 47.7 Å². The zero-order valence-electron chi connectivity index (χ0n) is 14.7. The SMILES string of the molecule is CN=C(NCCCc1nc(C(C)C)no1)N1CCC(C)CC1.I. The van der Waals surface area contributed by atoms with Gasteiger partial charge in [0.2, 0.25) is 5.89 Å². The number of aryl methyl sites for hydroxylation is 1. The van der Waals surface area contributed by atoms with E-state index in [1.807, 2.05) is 7.05 Å². The summed E-state index contributed by atoms with van der Waals surface area (Å²) in [4.78, 5) is 11.1. The molecule has 1 aromatic rings. The van der Waals surface area contributed by atoms with E-state index in [2.05, 4.69) is 46.1 Å². The first-order valence-corrected chi connectivity index (χ1v) is 8.38. The van der Waals surface area contributed by atoms with Gasteiger partial charge < -0.3 is 14.7 Å². The molecule has 1 aliphatic rings. The lowest BCUT2D eigenvalue weighted by Crippen LogP contribution is -2.45. The molecule has 1 aromatic heterocycles. The molecule has 7 heteroatoms. The Bertz CT molecular complexity index is 481. The molecule has 2 rings (SSSR count). The zero-order chi connectivity index (χ0) is 15.9. The van der Waals surface area contributed by atoms with Crippen LogP contribution in [0.25, 0.3) is 0 Å². The highest BCUT2D eigenvalue weighted by Gasteiger charge is 2.18. The summed E-state index contributed by atoms with van der Waals surface area (Å²) < 4.78 is 5.26. The Kier molecular flexibility index (Phi) is 8.86. The summed E-state index contributed by atoms with van der Waals surface area (Å²) in [7, 11) is 1.85. The molecule has 0 bridgehead atoms. The van der Waals surface area contributed by atoms with E-state index in [9.17, 15) is 0 Å². The highest BCUT2D eigenvalue weighted by Crippen LogP contribution is 2.16. The summed E-state index contributed by atoms with van der Waals surface area (Å²) in [5.74, 6) is 3.69. The van der Waals surface area contributed by atoms with Crippen LogP contribution in [0.5, 0.6) is 0 Å². The molecule has 0 unspecified atom stereocenters. The molecule has 0 atom stereocenters. The van der Waals surface area contributed by atoms with Gasteiger partial charge in [0.15, 0.2) is 11.8 Å². The maximum Gasteiger partial charge on any atom is 0.226 e. The standard InChI is InChI=1S/C16H29N5O.HI/c1-12(2)15-19-14(22-20-15)6-5-9-18-16(17-4)21-10-7-13(3)8-11-21;/h12-13H,5-11H2,1-4H3,(H,17,18);1H. The predicted molar refractivity (Wildman–Crippen MR) is 103 cm³/mol. The first-order chi connectivity index (χ1) is 10.6. The Morgan fingerprint density at radius 2 is 2.09 bits per heavy atom. The average Bonchev–Trinajstić information content (AvgIpc) is 2.98. The highest BCUT2D eigenvalue weighted by molar-refractivity contribution is 14.0. The van der Waals surface area contributed by atoms with Gasteiger partial charge in [-0.1, -0.05) is 25.9 Å². The number of hydrogen-bond donors (Lipinski definition) is 1. The number of halogens is 1. The maximum atomic E-state index is 5.26. The number of piperidine rings is 1. The summed E-state index contributed by atoms with van der Waals surface area (Å²) in [6.45, 7) is 9.53. The molecule has 0 amide bonds. The minimum absolute atomic E-state index is 0. The molecule has 1 N–H and O–H groups in total. The minimum Gasteiger partial charge on any atom is -0.356 e. The maximum absolute atomic E-state index is 5.26. The van der Waals surface area contributed by atoms with E-state index in [1.165, 1.54) is 12.8 Å². The molecule has 0 radical (unpaired) electrons. The van der Waals surface area contributed by atoms with E-state index < -0.39 is 0 Å². The van der Waals surface area contributed by atoms with Crippen molar-refractivity contribution in [3.8, 4) is 0 Å².